The number of thiazole rings is 2. The summed E-state index contributed by atoms with van der Waals surface area (Å²) in [4.78, 5) is 37.2. The molecule has 1 N–H and O–H groups in total. The number of fused-ring (bicyclic) bond motifs is 1. The molecule has 1 aromatic carbocycles. The van der Waals surface area contributed by atoms with Gasteiger partial charge >= 0.3 is 0 Å². The zero-order valence-corrected chi connectivity index (χ0v) is 19.1. The number of para-hydroxylation sites is 1. The first kappa shape index (κ1) is 20.3. The number of benzene rings is 1. The minimum absolute atomic E-state index is 0.0234. The summed E-state index contributed by atoms with van der Waals surface area (Å²) in [6.07, 6.45) is 3.27. The molecular formula is C22H20N4O2S3. The number of amides is 2. The van der Waals surface area contributed by atoms with Crippen LogP contribution in [0.3, 0.4) is 0 Å². The molecular weight excluding hydrogens is 448 g/mol. The number of hydrogen-bond acceptors (Lipinski definition) is 7. The molecule has 4 aromatic rings. The zero-order valence-electron chi connectivity index (χ0n) is 16.6. The second-order valence-corrected chi connectivity index (χ2v) is 10.2. The van der Waals surface area contributed by atoms with Crippen LogP contribution in [-0.4, -0.2) is 33.2 Å². The smallest absolute Gasteiger partial charge is 0.267 e. The van der Waals surface area contributed by atoms with Crippen molar-refractivity contribution in [3.8, 4) is 0 Å². The van der Waals surface area contributed by atoms with Crippen LogP contribution in [0.1, 0.15) is 45.7 Å². The van der Waals surface area contributed by atoms with Gasteiger partial charge in [0.2, 0.25) is 5.91 Å². The molecule has 0 saturated carbocycles. The van der Waals surface area contributed by atoms with Crippen LogP contribution >= 0.6 is 34.0 Å². The summed E-state index contributed by atoms with van der Waals surface area (Å²) in [7, 11) is 0. The number of carbonyl (C=O) groups excluding carboxylic acids is 2. The molecule has 0 spiro atoms. The van der Waals surface area contributed by atoms with E-state index in [0.717, 1.165) is 41.0 Å². The molecule has 3 aromatic heterocycles. The van der Waals surface area contributed by atoms with Gasteiger partial charge in [-0.05, 0) is 42.8 Å². The molecule has 1 aliphatic heterocycles. The lowest BCUT2D eigenvalue weighted by molar-refractivity contribution is -0.134. The Bertz CT molecular complexity index is 1180. The highest BCUT2D eigenvalue weighted by atomic mass is 32.1. The van der Waals surface area contributed by atoms with Crippen LogP contribution in [-0.2, 0) is 11.2 Å². The third-order valence-corrected chi connectivity index (χ3v) is 8.08. The van der Waals surface area contributed by atoms with Crippen molar-refractivity contribution in [1.29, 1.82) is 0 Å². The number of nitrogens with one attached hydrogen (secondary N) is 1. The lowest BCUT2D eigenvalue weighted by atomic mass is 10.0. The Morgan fingerprint density at radius 1 is 1.10 bits per heavy atom. The molecule has 9 heteroatoms. The molecule has 6 nitrogen and oxygen atoms in total. The van der Waals surface area contributed by atoms with E-state index in [2.05, 4.69) is 16.4 Å². The van der Waals surface area contributed by atoms with Crippen molar-refractivity contribution in [2.24, 2.45) is 0 Å². The topological polar surface area (TPSA) is 75.2 Å². The van der Waals surface area contributed by atoms with E-state index in [-0.39, 0.29) is 24.3 Å². The molecule has 0 aliphatic carbocycles. The van der Waals surface area contributed by atoms with Crippen LogP contribution in [0.2, 0.25) is 0 Å². The van der Waals surface area contributed by atoms with Crippen LogP contribution in [0.5, 0.6) is 0 Å². The van der Waals surface area contributed by atoms with Crippen molar-refractivity contribution >= 4 is 61.2 Å². The van der Waals surface area contributed by atoms with Crippen LogP contribution < -0.4 is 5.32 Å². The minimum Gasteiger partial charge on any atom is -0.333 e. The summed E-state index contributed by atoms with van der Waals surface area (Å²) < 4.78 is 1.15. The molecule has 1 atom stereocenters. The standard InChI is InChI=1S/C22H20N4O2S3/c27-19(12-14-13-30-22(23-14)25-20(28)18-9-5-11-29-18)26-10-4-3-7-16(26)21-24-15-6-1-2-8-17(15)31-21/h1-2,5-6,8-9,11,13,16H,3-4,7,10,12H2,(H,23,25,28). The minimum atomic E-state index is -0.172. The van der Waals surface area contributed by atoms with Gasteiger partial charge in [0.05, 0.1) is 33.3 Å². The fourth-order valence-electron chi connectivity index (χ4n) is 3.79. The molecule has 4 heterocycles. The van der Waals surface area contributed by atoms with Gasteiger partial charge in [0, 0.05) is 11.9 Å². The van der Waals surface area contributed by atoms with Crippen molar-refractivity contribution in [3.63, 3.8) is 0 Å². The van der Waals surface area contributed by atoms with E-state index in [1.165, 1.54) is 22.7 Å². The van der Waals surface area contributed by atoms with Gasteiger partial charge in [-0.1, -0.05) is 18.2 Å². The van der Waals surface area contributed by atoms with Gasteiger partial charge in [0.15, 0.2) is 5.13 Å². The molecule has 1 aliphatic rings. The van der Waals surface area contributed by atoms with Crippen molar-refractivity contribution in [2.75, 3.05) is 11.9 Å². The van der Waals surface area contributed by atoms with Crippen LogP contribution in [0, 0.1) is 0 Å². The Morgan fingerprint density at radius 3 is 2.84 bits per heavy atom. The summed E-state index contributed by atoms with van der Waals surface area (Å²) in [5.74, 6) is -0.112. The Balaban J connectivity index is 1.28. The molecule has 1 saturated heterocycles. The number of piperidine rings is 1. The number of rotatable bonds is 5. The van der Waals surface area contributed by atoms with E-state index in [0.29, 0.717) is 15.7 Å². The Labute approximate surface area is 191 Å². The number of hydrogen-bond donors (Lipinski definition) is 1. The molecule has 0 bridgehead atoms. The average molecular weight is 469 g/mol. The molecule has 5 rings (SSSR count). The predicted octanol–water partition coefficient (Wildman–Crippen LogP) is 5.36. The first-order chi connectivity index (χ1) is 15.2. The van der Waals surface area contributed by atoms with Crippen molar-refractivity contribution in [2.45, 2.75) is 31.7 Å². The maximum atomic E-state index is 13.2. The fraction of sp³-hybridized carbons (Fsp3) is 0.273. The van der Waals surface area contributed by atoms with Crippen molar-refractivity contribution in [3.05, 3.63) is 62.7 Å². The monoisotopic (exact) mass is 468 g/mol. The molecule has 0 radical (unpaired) electrons. The van der Waals surface area contributed by atoms with Crippen LogP contribution in [0.4, 0.5) is 5.13 Å². The number of carbonyl (C=O) groups is 2. The third-order valence-electron chi connectivity index (χ3n) is 5.27. The van der Waals surface area contributed by atoms with Gasteiger partial charge in [0.25, 0.3) is 5.91 Å². The lowest BCUT2D eigenvalue weighted by Crippen LogP contribution is -2.39. The second-order valence-electron chi connectivity index (χ2n) is 7.37. The first-order valence-electron chi connectivity index (χ1n) is 10.1. The Kier molecular flexibility index (Phi) is 5.80. The maximum absolute atomic E-state index is 13.2. The van der Waals surface area contributed by atoms with Crippen LogP contribution in [0.25, 0.3) is 10.2 Å². The molecule has 1 fully saturated rings. The number of thiophene rings is 1. The predicted molar refractivity (Wildman–Crippen MR) is 126 cm³/mol. The molecule has 1 unspecified atom stereocenters. The van der Waals surface area contributed by atoms with E-state index >= 15 is 0 Å². The van der Waals surface area contributed by atoms with E-state index in [1.807, 2.05) is 39.9 Å². The van der Waals surface area contributed by atoms with Crippen molar-refractivity contribution < 1.29 is 9.59 Å². The fourth-order valence-corrected chi connectivity index (χ4v) is 6.23. The highest BCUT2D eigenvalue weighted by Crippen LogP contribution is 2.36. The van der Waals surface area contributed by atoms with Gasteiger partial charge in [0.1, 0.15) is 5.01 Å². The van der Waals surface area contributed by atoms with Gasteiger partial charge < -0.3 is 4.90 Å². The summed E-state index contributed by atoms with van der Waals surface area (Å²) >= 11 is 4.41. The largest absolute Gasteiger partial charge is 0.333 e. The highest BCUT2D eigenvalue weighted by Gasteiger charge is 2.30. The van der Waals surface area contributed by atoms with E-state index in [4.69, 9.17) is 4.98 Å². The van der Waals surface area contributed by atoms with E-state index < -0.39 is 0 Å². The maximum Gasteiger partial charge on any atom is 0.267 e. The van der Waals surface area contributed by atoms with E-state index in [9.17, 15) is 9.59 Å². The number of aromatic nitrogens is 2. The normalized spacial score (nSPS) is 16.5. The van der Waals surface area contributed by atoms with E-state index in [1.54, 1.807) is 17.4 Å². The average Bonchev–Trinajstić information content (AvgIpc) is 3.54. The number of anilines is 1. The number of nitrogens with zero attached hydrogens (tertiary/aromatic N) is 3. The van der Waals surface area contributed by atoms with Crippen molar-refractivity contribution in [1.82, 2.24) is 14.9 Å². The Hall–Kier alpha value is -2.62. The summed E-state index contributed by atoms with van der Waals surface area (Å²) in [6, 6.07) is 11.7. The first-order valence-corrected chi connectivity index (χ1v) is 12.7. The van der Waals surface area contributed by atoms with Gasteiger partial charge in [-0.2, -0.15) is 0 Å². The Morgan fingerprint density at radius 2 is 2.00 bits per heavy atom. The second kappa shape index (κ2) is 8.86. The van der Waals surface area contributed by atoms with Gasteiger partial charge in [-0.3, -0.25) is 14.9 Å². The summed E-state index contributed by atoms with van der Waals surface area (Å²) in [6.45, 7) is 0.742. The zero-order chi connectivity index (χ0) is 21.2. The highest BCUT2D eigenvalue weighted by molar-refractivity contribution is 7.18. The van der Waals surface area contributed by atoms with Gasteiger partial charge in [-0.15, -0.1) is 34.0 Å². The van der Waals surface area contributed by atoms with Crippen LogP contribution in [0.15, 0.2) is 47.2 Å². The summed E-state index contributed by atoms with van der Waals surface area (Å²) in [5.41, 5.74) is 1.68. The molecule has 158 valence electrons. The molecule has 2 amide bonds. The molecule has 31 heavy (non-hydrogen) atoms. The summed E-state index contributed by atoms with van der Waals surface area (Å²) in [5, 5.41) is 8.05. The third kappa shape index (κ3) is 4.39. The van der Waals surface area contributed by atoms with Gasteiger partial charge in [-0.25, -0.2) is 9.97 Å². The SMILES string of the molecule is O=C(Nc1nc(CC(=O)N2CCCCC2c2nc3ccccc3s2)cs1)c1cccs1. The number of likely N-dealkylation sites (tertiary alicyclic amines) is 1. The lowest BCUT2D eigenvalue weighted by Gasteiger charge is -2.34. The quantitative estimate of drug-likeness (QED) is 0.428.